The molecule has 40 heavy (non-hydrogen) atoms. The number of amides is 2. The number of nitrogens with one attached hydrogen (secondary N) is 3. The molecule has 4 rings (SSSR count). The molecular formula is C31H36N4O3S2. The fraction of sp³-hybridized carbons (Fsp3) is 0.323. The van der Waals surface area contributed by atoms with Gasteiger partial charge in [-0.15, -0.1) is 11.3 Å². The Bertz CT molecular complexity index is 1400. The number of aromatic nitrogens is 1. The summed E-state index contributed by atoms with van der Waals surface area (Å²) in [6.07, 6.45) is 6.92. The SMILES string of the molecule is C=C1C=C(CC(NSc2cccc(NC(=O)CCNC(=O)OC(C)(C)C)c2)c2nc3ccccc3s2)C=CC1C. The van der Waals surface area contributed by atoms with E-state index < -0.39 is 11.7 Å². The first-order chi connectivity index (χ1) is 19.1. The quantitative estimate of drug-likeness (QED) is 0.216. The fourth-order valence-corrected chi connectivity index (χ4v) is 5.88. The molecule has 1 aliphatic rings. The largest absolute Gasteiger partial charge is 0.444 e. The van der Waals surface area contributed by atoms with Crippen LogP contribution < -0.4 is 15.4 Å². The van der Waals surface area contributed by atoms with E-state index in [-0.39, 0.29) is 24.9 Å². The Hall–Kier alpha value is -3.40. The maximum atomic E-state index is 12.4. The normalized spacial score (nSPS) is 15.9. The Kier molecular flexibility index (Phi) is 9.84. The number of carbonyl (C=O) groups is 2. The van der Waals surface area contributed by atoms with Crippen LogP contribution in [0, 0.1) is 5.92 Å². The molecule has 1 aliphatic carbocycles. The first-order valence-electron chi connectivity index (χ1n) is 13.3. The van der Waals surface area contributed by atoms with Gasteiger partial charge >= 0.3 is 6.09 Å². The molecule has 1 aromatic heterocycles. The summed E-state index contributed by atoms with van der Waals surface area (Å²) in [5, 5.41) is 6.54. The van der Waals surface area contributed by atoms with E-state index >= 15 is 0 Å². The lowest BCUT2D eigenvalue weighted by Crippen LogP contribution is -2.34. The summed E-state index contributed by atoms with van der Waals surface area (Å²) in [5.41, 5.74) is 3.42. The van der Waals surface area contributed by atoms with Crippen molar-refractivity contribution in [1.29, 1.82) is 0 Å². The number of ether oxygens (including phenoxy) is 1. The number of fused-ring (bicyclic) bond motifs is 1. The van der Waals surface area contributed by atoms with Gasteiger partial charge in [-0.3, -0.25) is 4.79 Å². The molecule has 210 valence electrons. The minimum Gasteiger partial charge on any atom is -0.444 e. The number of carbonyl (C=O) groups excluding carboxylic acids is 2. The molecule has 0 bridgehead atoms. The summed E-state index contributed by atoms with van der Waals surface area (Å²) < 4.78 is 9.98. The van der Waals surface area contributed by atoms with E-state index in [1.165, 1.54) is 17.5 Å². The molecular weight excluding hydrogens is 541 g/mol. The third-order valence-corrected chi connectivity index (χ3v) is 8.10. The smallest absolute Gasteiger partial charge is 0.407 e. The zero-order valence-electron chi connectivity index (χ0n) is 23.3. The standard InChI is InChI=1S/C31H36N4O3S2/c1-20-13-14-22(17-21(20)2)18-26(29-34-25-11-6-7-12-27(25)39-29)35-40-24-10-8-9-23(19-24)33-28(36)15-16-32-30(37)38-31(3,4)5/h6-14,17,19-20,26,35H,2,15-16,18H2,1,3-5H3,(H,32,37)(H,33,36). The van der Waals surface area contributed by atoms with Crippen molar-refractivity contribution in [2.45, 2.75) is 57.1 Å². The van der Waals surface area contributed by atoms with Crippen LogP contribution in [0.15, 0.2) is 89.4 Å². The van der Waals surface area contributed by atoms with E-state index in [1.807, 2.05) is 42.5 Å². The van der Waals surface area contributed by atoms with Crippen LogP contribution in [0.1, 0.15) is 51.6 Å². The van der Waals surface area contributed by atoms with Crippen LogP contribution in [0.4, 0.5) is 10.5 Å². The second-order valence-corrected chi connectivity index (χ2v) is 12.7. The first kappa shape index (κ1) is 29.6. The Morgan fingerprint density at radius 3 is 2.73 bits per heavy atom. The molecule has 2 unspecified atom stereocenters. The second kappa shape index (κ2) is 13.3. The minimum atomic E-state index is -0.582. The van der Waals surface area contributed by atoms with Crippen LogP contribution in [-0.4, -0.2) is 29.1 Å². The Labute approximate surface area is 244 Å². The van der Waals surface area contributed by atoms with Crippen LogP contribution >= 0.6 is 23.3 Å². The summed E-state index contributed by atoms with van der Waals surface area (Å²) in [4.78, 5) is 30.1. The molecule has 3 N–H and O–H groups in total. The van der Waals surface area contributed by atoms with Crippen molar-refractivity contribution in [3.63, 3.8) is 0 Å². The monoisotopic (exact) mass is 576 g/mol. The van der Waals surface area contributed by atoms with Crippen molar-refractivity contribution in [3.8, 4) is 0 Å². The van der Waals surface area contributed by atoms with Crippen LogP contribution in [0.5, 0.6) is 0 Å². The van der Waals surface area contributed by atoms with Gasteiger partial charge in [0, 0.05) is 23.5 Å². The van der Waals surface area contributed by atoms with Crippen LogP contribution in [0.2, 0.25) is 0 Å². The maximum absolute atomic E-state index is 12.4. The highest BCUT2D eigenvalue weighted by molar-refractivity contribution is 7.97. The zero-order valence-corrected chi connectivity index (χ0v) is 25.0. The lowest BCUT2D eigenvalue weighted by atomic mass is 9.91. The van der Waals surface area contributed by atoms with Crippen LogP contribution in [0.25, 0.3) is 10.2 Å². The highest BCUT2D eigenvalue weighted by atomic mass is 32.2. The van der Waals surface area contributed by atoms with Gasteiger partial charge in [0.25, 0.3) is 0 Å². The number of anilines is 1. The molecule has 0 saturated carbocycles. The molecule has 0 saturated heterocycles. The van der Waals surface area contributed by atoms with Gasteiger partial charge < -0.3 is 15.4 Å². The molecule has 1 heterocycles. The van der Waals surface area contributed by atoms with E-state index in [0.29, 0.717) is 11.6 Å². The number of thiazole rings is 1. The molecule has 9 heteroatoms. The van der Waals surface area contributed by atoms with Gasteiger partial charge in [0.05, 0.1) is 16.3 Å². The Morgan fingerprint density at radius 1 is 1.18 bits per heavy atom. The van der Waals surface area contributed by atoms with Gasteiger partial charge in [-0.25, -0.2) is 14.5 Å². The number of rotatable bonds is 10. The van der Waals surface area contributed by atoms with Crippen LogP contribution in [-0.2, 0) is 9.53 Å². The molecule has 0 spiro atoms. The average molecular weight is 577 g/mol. The average Bonchev–Trinajstić information content (AvgIpc) is 3.32. The highest BCUT2D eigenvalue weighted by Crippen LogP contribution is 2.34. The van der Waals surface area contributed by atoms with E-state index in [9.17, 15) is 9.59 Å². The van der Waals surface area contributed by atoms with Gasteiger partial charge in [0.2, 0.25) is 5.91 Å². The Balaban J connectivity index is 1.38. The van der Waals surface area contributed by atoms with Crippen molar-refractivity contribution < 1.29 is 14.3 Å². The minimum absolute atomic E-state index is 0.0170. The number of benzene rings is 2. The van der Waals surface area contributed by atoms with Crippen molar-refractivity contribution in [2.24, 2.45) is 5.92 Å². The molecule has 3 aromatic rings. The van der Waals surface area contributed by atoms with Crippen molar-refractivity contribution in [1.82, 2.24) is 15.0 Å². The number of hydrogen-bond donors (Lipinski definition) is 3. The third kappa shape index (κ3) is 8.81. The molecule has 0 fully saturated rings. The number of hydrogen-bond acceptors (Lipinski definition) is 7. The van der Waals surface area contributed by atoms with Gasteiger partial charge in [-0.2, -0.15) is 0 Å². The fourth-order valence-electron chi connectivity index (χ4n) is 3.98. The molecule has 0 radical (unpaired) electrons. The van der Waals surface area contributed by atoms with Gasteiger partial charge in [0.15, 0.2) is 0 Å². The summed E-state index contributed by atoms with van der Waals surface area (Å²) in [7, 11) is 0. The van der Waals surface area contributed by atoms with Crippen LogP contribution in [0.3, 0.4) is 0 Å². The van der Waals surface area contributed by atoms with Crippen molar-refractivity contribution >= 4 is 51.2 Å². The van der Waals surface area contributed by atoms with Gasteiger partial charge in [0.1, 0.15) is 10.6 Å². The molecule has 0 aliphatic heterocycles. The maximum Gasteiger partial charge on any atom is 0.407 e. The summed E-state index contributed by atoms with van der Waals surface area (Å²) in [6.45, 7) is 11.9. The highest BCUT2D eigenvalue weighted by Gasteiger charge is 2.20. The number of alkyl carbamates (subject to hydrolysis) is 1. The lowest BCUT2D eigenvalue weighted by Gasteiger charge is -2.20. The van der Waals surface area contributed by atoms with Gasteiger partial charge in [-0.05, 0) is 86.5 Å². The van der Waals surface area contributed by atoms with Gasteiger partial charge in [-0.1, -0.05) is 49.9 Å². The van der Waals surface area contributed by atoms with E-state index in [1.54, 1.807) is 32.1 Å². The summed E-state index contributed by atoms with van der Waals surface area (Å²) in [5.74, 6) is 0.155. The second-order valence-electron chi connectivity index (χ2n) is 10.7. The molecule has 2 atom stereocenters. The number of allylic oxidation sites excluding steroid dienone is 4. The summed E-state index contributed by atoms with van der Waals surface area (Å²) in [6, 6.07) is 15.8. The lowest BCUT2D eigenvalue weighted by molar-refractivity contribution is -0.116. The number of nitrogens with zero attached hydrogens (tertiary/aromatic N) is 1. The molecule has 2 amide bonds. The van der Waals surface area contributed by atoms with E-state index in [4.69, 9.17) is 9.72 Å². The number of para-hydroxylation sites is 1. The predicted molar refractivity (Wildman–Crippen MR) is 165 cm³/mol. The first-order valence-corrected chi connectivity index (χ1v) is 14.9. The summed E-state index contributed by atoms with van der Waals surface area (Å²) >= 11 is 3.21. The predicted octanol–water partition coefficient (Wildman–Crippen LogP) is 7.57. The zero-order chi connectivity index (χ0) is 28.7. The topological polar surface area (TPSA) is 92.3 Å². The molecule has 2 aromatic carbocycles. The van der Waals surface area contributed by atoms with E-state index in [0.717, 1.165) is 32.1 Å². The molecule has 7 nitrogen and oxygen atoms in total. The van der Waals surface area contributed by atoms with Crippen molar-refractivity contribution in [3.05, 3.63) is 89.5 Å². The third-order valence-electron chi connectivity index (χ3n) is 6.06. The van der Waals surface area contributed by atoms with E-state index in [2.05, 4.69) is 53.2 Å². The van der Waals surface area contributed by atoms with Crippen molar-refractivity contribution in [2.75, 3.05) is 11.9 Å². The Morgan fingerprint density at radius 2 is 1.98 bits per heavy atom.